The van der Waals surface area contributed by atoms with Crippen molar-refractivity contribution >= 4 is 16.5 Å². The zero-order valence-electron chi connectivity index (χ0n) is 13.4. The van der Waals surface area contributed by atoms with Gasteiger partial charge in [0.15, 0.2) is 5.13 Å². The van der Waals surface area contributed by atoms with Gasteiger partial charge in [-0.05, 0) is 38.6 Å². The van der Waals surface area contributed by atoms with E-state index in [1.807, 2.05) is 11.3 Å². The molecule has 1 saturated heterocycles. The molecule has 0 unspecified atom stereocenters. The van der Waals surface area contributed by atoms with Crippen LogP contribution >= 0.6 is 11.3 Å². The molecule has 1 N–H and O–H groups in total. The van der Waals surface area contributed by atoms with E-state index in [-0.39, 0.29) is 0 Å². The van der Waals surface area contributed by atoms with Gasteiger partial charge in [-0.2, -0.15) is 0 Å². The molecule has 0 atom stereocenters. The third-order valence-corrected chi connectivity index (χ3v) is 5.67. The zero-order valence-corrected chi connectivity index (χ0v) is 14.2. The molecule has 21 heavy (non-hydrogen) atoms. The molecule has 1 aliphatic heterocycles. The second-order valence-corrected chi connectivity index (χ2v) is 7.47. The number of hydrogen-bond acceptors (Lipinski definition) is 5. The van der Waals surface area contributed by atoms with Crippen molar-refractivity contribution in [1.82, 2.24) is 15.2 Å². The summed E-state index contributed by atoms with van der Waals surface area (Å²) in [4.78, 5) is 11.3. The Kier molecular flexibility index (Phi) is 5.14. The van der Waals surface area contributed by atoms with Crippen molar-refractivity contribution in [1.29, 1.82) is 0 Å². The Hall–Kier alpha value is -0.650. The molecule has 5 heteroatoms. The first-order valence-corrected chi connectivity index (χ1v) is 9.22. The molecule has 1 aliphatic carbocycles. The van der Waals surface area contributed by atoms with Crippen molar-refractivity contribution in [2.24, 2.45) is 5.92 Å². The summed E-state index contributed by atoms with van der Waals surface area (Å²) >= 11 is 1.88. The summed E-state index contributed by atoms with van der Waals surface area (Å²) in [5.74, 6) is 1.01. The number of hydrogen-bond donors (Lipinski definition) is 1. The number of anilines is 1. The van der Waals surface area contributed by atoms with E-state index in [0.717, 1.165) is 32.1 Å². The van der Waals surface area contributed by atoms with Crippen molar-refractivity contribution in [2.45, 2.75) is 39.7 Å². The number of thiazole rings is 1. The Morgan fingerprint density at radius 1 is 1.24 bits per heavy atom. The van der Waals surface area contributed by atoms with E-state index in [4.69, 9.17) is 4.98 Å². The van der Waals surface area contributed by atoms with E-state index in [0.29, 0.717) is 0 Å². The highest BCUT2D eigenvalue weighted by atomic mass is 32.1. The third-order valence-electron chi connectivity index (χ3n) is 4.45. The van der Waals surface area contributed by atoms with Crippen LogP contribution in [-0.2, 0) is 6.54 Å². The molecule has 0 aromatic carbocycles. The largest absolute Gasteiger partial charge is 0.346 e. The Morgan fingerprint density at radius 2 is 2.00 bits per heavy atom. The average Bonchev–Trinajstić information content (AvgIpc) is 3.23. The van der Waals surface area contributed by atoms with E-state index >= 15 is 0 Å². The molecule has 1 saturated carbocycles. The fraction of sp³-hybridized carbons (Fsp3) is 0.812. The monoisotopic (exact) mass is 308 g/mol. The Bertz CT molecular complexity index is 447. The van der Waals surface area contributed by atoms with Crippen LogP contribution in [0, 0.1) is 12.8 Å². The van der Waals surface area contributed by atoms with Gasteiger partial charge in [0.05, 0.1) is 5.69 Å². The lowest BCUT2D eigenvalue weighted by Crippen LogP contribution is -2.47. The number of nitrogens with one attached hydrogen (secondary N) is 1. The third kappa shape index (κ3) is 4.18. The maximum atomic E-state index is 4.80. The van der Waals surface area contributed by atoms with Gasteiger partial charge in [-0.15, -0.1) is 11.3 Å². The molecule has 0 radical (unpaired) electrons. The fourth-order valence-corrected chi connectivity index (χ4v) is 3.96. The fourth-order valence-electron chi connectivity index (χ4n) is 2.88. The number of aryl methyl sites for hydroxylation is 1. The summed E-state index contributed by atoms with van der Waals surface area (Å²) in [6.45, 7) is 12.4. The lowest BCUT2D eigenvalue weighted by atomic mass is 10.3. The molecule has 118 valence electrons. The predicted molar refractivity (Wildman–Crippen MR) is 90.2 cm³/mol. The van der Waals surface area contributed by atoms with Gasteiger partial charge in [-0.25, -0.2) is 4.98 Å². The SMILES string of the molecule is CCCNCc1sc(N2CCN(CC3CC3)CC2)nc1C. The van der Waals surface area contributed by atoms with E-state index in [1.54, 1.807) is 0 Å². The normalized spacial score (nSPS) is 20.2. The van der Waals surface area contributed by atoms with Crippen LogP contribution < -0.4 is 10.2 Å². The van der Waals surface area contributed by atoms with Crippen LogP contribution in [0.2, 0.25) is 0 Å². The topological polar surface area (TPSA) is 31.4 Å². The molecule has 3 rings (SSSR count). The van der Waals surface area contributed by atoms with Crippen molar-refractivity contribution in [3.8, 4) is 0 Å². The first kappa shape index (κ1) is 15.3. The maximum absolute atomic E-state index is 4.80. The first-order valence-electron chi connectivity index (χ1n) is 8.40. The Morgan fingerprint density at radius 3 is 2.67 bits per heavy atom. The van der Waals surface area contributed by atoms with Crippen molar-refractivity contribution in [2.75, 3.05) is 44.2 Å². The van der Waals surface area contributed by atoms with Crippen LogP contribution in [0.3, 0.4) is 0 Å². The summed E-state index contributed by atoms with van der Waals surface area (Å²) in [5, 5.41) is 4.72. The minimum Gasteiger partial charge on any atom is -0.346 e. The summed E-state index contributed by atoms with van der Waals surface area (Å²) < 4.78 is 0. The maximum Gasteiger partial charge on any atom is 0.185 e. The van der Waals surface area contributed by atoms with Gasteiger partial charge in [0.25, 0.3) is 0 Å². The molecule has 0 amide bonds. The lowest BCUT2D eigenvalue weighted by molar-refractivity contribution is 0.248. The van der Waals surface area contributed by atoms with E-state index < -0.39 is 0 Å². The quantitative estimate of drug-likeness (QED) is 0.784. The van der Waals surface area contributed by atoms with Gasteiger partial charge in [0, 0.05) is 44.1 Å². The van der Waals surface area contributed by atoms with Crippen LogP contribution in [0.5, 0.6) is 0 Å². The molecule has 2 aliphatic rings. The summed E-state index contributed by atoms with van der Waals surface area (Å²) in [6.07, 6.45) is 4.10. The van der Waals surface area contributed by atoms with Gasteiger partial charge < -0.3 is 10.2 Å². The highest BCUT2D eigenvalue weighted by Crippen LogP contribution is 2.31. The minimum absolute atomic E-state index is 0.971. The zero-order chi connectivity index (χ0) is 14.7. The van der Waals surface area contributed by atoms with Crippen molar-refractivity contribution in [3.05, 3.63) is 10.6 Å². The number of nitrogens with zero attached hydrogens (tertiary/aromatic N) is 3. The van der Waals surface area contributed by atoms with Crippen LogP contribution in [0.1, 0.15) is 36.8 Å². The van der Waals surface area contributed by atoms with E-state index in [1.165, 1.54) is 54.6 Å². The molecule has 0 bridgehead atoms. The van der Waals surface area contributed by atoms with E-state index in [2.05, 4.69) is 29.0 Å². The van der Waals surface area contributed by atoms with Gasteiger partial charge >= 0.3 is 0 Å². The van der Waals surface area contributed by atoms with Crippen molar-refractivity contribution in [3.63, 3.8) is 0 Å². The minimum atomic E-state index is 0.971. The molecule has 2 heterocycles. The van der Waals surface area contributed by atoms with Crippen molar-refractivity contribution < 1.29 is 0 Å². The van der Waals surface area contributed by atoms with E-state index in [9.17, 15) is 0 Å². The van der Waals surface area contributed by atoms with Gasteiger partial charge in [-0.3, -0.25) is 4.90 Å². The standard InChI is InChI=1S/C16H28N4S/c1-3-6-17-11-15-13(2)18-16(21-15)20-9-7-19(8-10-20)12-14-4-5-14/h14,17H,3-12H2,1-2H3. The number of rotatable bonds is 7. The molecule has 1 aromatic rings. The summed E-state index contributed by atoms with van der Waals surface area (Å²) in [6, 6.07) is 0. The molecule has 1 aromatic heterocycles. The molecule has 0 spiro atoms. The smallest absolute Gasteiger partial charge is 0.185 e. The molecular formula is C16H28N4S. The molecule has 4 nitrogen and oxygen atoms in total. The average molecular weight is 308 g/mol. The van der Waals surface area contributed by atoms with Crippen LogP contribution in [-0.4, -0.2) is 49.2 Å². The lowest BCUT2D eigenvalue weighted by Gasteiger charge is -2.34. The second-order valence-electron chi connectivity index (χ2n) is 6.41. The predicted octanol–water partition coefficient (Wildman–Crippen LogP) is 2.48. The Labute approximate surface area is 132 Å². The van der Waals surface area contributed by atoms with Crippen LogP contribution in [0.15, 0.2) is 0 Å². The van der Waals surface area contributed by atoms with Gasteiger partial charge in [0.2, 0.25) is 0 Å². The number of aromatic nitrogens is 1. The Balaban J connectivity index is 1.51. The van der Waals surface area contributed by atoms with Gasteiger partial charge in [0.1, 0.15) is 0 Å². The number of piperazine rings is 1. The molecule has 2 fully saturated rings. The highest BCUT2D eigenvalue weighted by Gasteiger charge is 2.27. The highest BCUT2D eigenvalue weighted by molar-refractivity contribution is 7.15. The van der Waals surface area contributed by atoms with Crippen LogP contribution in [0.25, 0.3) is 0 Å². The second kappa shape index (κ2) is 7.07. The summed E-state index contributed by atoms with van der Waals surface area (Å²) in [5.41, 5.74) is 1.21. The molecular weight excluding hydrogens is 280 g/mol. The summed E-state index contributed by atoms with van der Waals surface area (Å²) in [7, 11) is 0. The first-order chi connectivity index (χ1) is 10.3. The van der Waals surface area contributed by atoms with Gasteiger partial charge in [-0.1, -0.05) is 6.92 Å². The van der Waals surface area contributed by atoms with Crippen LogP contribution in [0.4, 0.5) is 5.13 Å².